The van der Waals surface area contributed by atoms with Gasteiger partial charge in [0.05, 0.1) is 24.7 Å². The Morgan fingerprint density at radius 1 is 1.30 bits per heavy atom. The predicted molar refractivity (Wildman–Crippen MR) is 74.0 cm³/mol. The second kappa shape index (κ2) is 5.70. The van der Waals surface area contributed by atoms with Gasteiger partial charge in [0.25, 0.3) is 0 Å². The highest BCUT2D eigenvalue weighted by molar-refractivity contribution is 7.15. The summed E-state index contributed by atoms with van der Waals surface area (Å²) in [6.45, 7) is 1.49. The van der Waals surface area contributed by atoms with Gasteiger partial charge >= 0.3 is 5.97 Å². The number of aromatic nitrogens is 1. The van der Waals surface area contributed by atoms with Crippen LogP contribution in [-0.2, 0) is 9.47 Å². The van der Waals surface area contributed by atoms with Crippen LogP contribution in [0.4, 0.5) is 0 Å². The summed E-state index contributed by atoms with van der Waals surface area (Å²) in [5.74, 6) is -1.02. The number of rotatable bonds is 3. The van der Waals surface area contributed by atoms with E-state index in [0.717, 1.165) is 5.56 Å². The molecule has 2 aromatic rings. The minimum absolute atomic E-state index is 0.0744. The second-order valence-corrected chi connectivity index (χ2v) is 5.37. The number of ether oxygens (including phenoxy) is 2. The summed E-state index contributed by atoms with van der Waals surface area (Å²) >= 11 is 1.35. The van der Waals surface area contributed by atoms with Crippen LogP contribution in [0.15, 0.2) is 30.3 Å². The molecule has 1 aliphatic heterocycles. The van der Waals surface area contributed by atoms with Crippen molar-refractivity contribution >= 4 is 17.3 Å². The van der Waals surface area contributed by atoms with Crippen LogP contribution >= 0.6 is 11.3 Å². The van der Waals surface area contributed by atoms with Crippen LogP contribution in [0.2, 0.25) is 0 Å². The van der Waals surface area contributed by atoms with Crippen molar-refractivity contribution in [2.45, 2.75) is 6.10 Å². The fourth-order valence-corrected chi connectivity index (χ4v) is 3.13. The number of hydrogen-bond donors (Lipinski definition) is 1. The molecule has 1 aliphatic rings. The van der Waals surface area contributed by atoms with Crippen molar-refractivity contribution in [1.29, 1.82) is 0 Å². The molecule has 1 atom stereocenters. The van der Waals surface area contributed by atoms with Gasteiger partial charge in [-0.25, -0.2) is 9.78 Å². The van der Waals surface area contributed by atoms with E-state index in [0.29, 0.717) is 29.7 Å². The Labute approximate surface area is 119 Å². The number of nitrogens with zero attached hydrogens (tertiary/aromatic N) is 1. The van der Waals surface area contributed by atoms with Crippen LogP contribution in [0.3, 0.4) is 0 Å². The van der Waals surface area contributed by atoms with Gasteiger partial charge in [0.1, 0.15) is 11.1 Å². The van der Waals surface area contributed by atoms with Crippen LogP contribution < -0.4 is 0 Å². The first-order valence-corrected chi connectivity index (χ1v) is 7.06. The van der Waals surface area contributed by atoms with Crippen molar-refractivity contribution < 1.29 is 19.4 Å². The third-order valence-corrected chi connectivity index (χ3v) is 4.17. The molecule has 1 saturated heterocycles. The molecule has 20 heavy (non-hydrogen) atoms. The third-order valence-electron chi connectivity index (χ3n) is 2.97. The Morgan fingerprint density at radius 2 is 2.10 bits per heavy atom. The zero-order chi connectivity index (χ0) is 13.9. The van der Waals surface area contributed by atoms with Crippen molar-refractivity contribution in [2.24, 2.45) is 0 Å². The van der Waals surface area contributed by atoms with Crippen molar-refractivity contribution in [3.8, 4) is 10.4 Å². The van der Waals surface area contributed by atoms with Crippen LogP contribution in [-0.4, -0.2) is 35.9 Å². The van der Waals surface area contributed by atoms with E-state index in [1.807, 2.05) is 30.3 Å². The largest absolute Gasteiger partial charge is 0.476 e. The monoisotopic (exact) mass is 291 g/mol. The van der Waals surface area contributed by atoms with Gasteiger partial charge in [-0.05, 0) is 5.56 Å². The molecular formula is C14H13NO4S. The van der Waals surface area contributed by atoms with Crippen molar-refractivity contribution in [2.75, 3.05) is 19.8 Å². The quantitative estimate of drug-likeness (QED) is 0.941. The van der Waals surface area contributed by atoms with E-state index in [4.69, 9.17) is 9.47 Å². The average molecular weight is 291 g/mol. The Bertz CT molecular complexity index is 605. The molecule has 1 aromatic carbocycles. The summed E-state index contributed by atoms with van der Waals surface area (Å²) in [6, 6.07) is 9.40. The summed E-state index contributed by atoms with van der Waals surface area (Å²) in [4.78, 5) is 16.2. The van der Waals surface area contributed by atoms with Gasteiger partial charge < -0.3 is 14.6 Å². The molecule has 0 amide bonds. The summed E-state index contributed by atoms with van der Waals surface area (Å²) in [5.41, 5.74) is 0.927. The van der Waals surface area contributed by atoms with Gasteiger partial charge in [-0.3, -0.25) is 0 Å². The average Bonchev–Trinajstić information content (AvgIpc) is 2.94. The lowest BCUT2D eigenvalue weighted by molar-refractivity contribution is -0.0902. The maximum absolute atomic E-state index is 11.4. The van der Waals surface area contributed by atoms with Crippen molar-refractivity contribution in [1.82, 2.24) is 4.98 Å². The first-order chi connectivity index (χ1) is 9.75. The summed E-state index contributed by atoms with van der Waals surface area (Å²) in [7, 11) is 0. The molecule has 2 heterocycles. The lowest BCUT2D eigenvalue weighted by Crippen LogP contribution is -2.21. The molecule has 1 N–H and O–H groups in total. The molecule has 5 nitrogen and oxygen atoms in total. The highest BCUT2D eigenvalue weighted by Gasteiger charge is 2.25. The van der Waals surface area contributed by atoms with Crippen LogP contribution in [0, 0.1) is 0 Å². The lowest BCUT2D eigenvalue weighted by atomic mass is 10.1. The number of aromatic carboxylic acids is 1. The molecular weight excluding hydrogens is 278 g/mol. The van der Waals surface area contributed by atoms with E-state index >= 15 is 0 Å². The van der Waals surface area contributed by atoms with Crippen molar-refractivity contribution in [3.63, 3.8) is 0 Å². The van der Waals surface area contributed by atoms with Crippen LogP contribution in [0.25, 0.3) is 10.4 Å². The molecule has 1 fully saturated rings. The molecule has 0 spiro atoms. The number of thiazole rings is 1. The highest BCUT2D eigenvalue weighted by atomic mass is 32.1. The minimum atomic E-state index is -1.02. The molecule has 6 heteroatoms. The van der Waals surface area contributed by atoms with Gasteiger partial charge in [-0.15, -0.1) is 11.3 Å². The highest BCUT2D eigenvalue weighted by Crippen LogP contribution is 2.34. The maximum Gasteiger partial charge on any atom is 0.356 e. The second-order valence-electron chi connectivity index (χ2n) is 4.34. The standard InChI is InChI=1S/C14H13NO4S/c16-14(17)11-12(9-4-2-1-3-5-9)20-13(15-11)10-8-18-6-7-19-10/h1-5,10H,6-8H2,(H,16,17). The van der Waals surface area contributed by atoms with Crippen LogP contribution in [0.1, 0.15) is 21.6 Å². The molecule has 3 rings (SSSR count). The Morgan fingerprint density at radius 3 is 2.75 bits per heavy atom. The van der Waals surface area contributed by atoms with Crippen molar-refractivity contribution in [3.05, 3.63) is 41.0 Å². The van der Waals surface area contributed by atoms with E-state index in [1.54, 1.807) is 0 Å². The lowest BCUT2D eigenvalue weighted by Gasteiger charge is -2.20. The maximum atomic E-state index is 11.4. The zero-order valence-corrected chi connectivity index (χ0v) is 11.4. The molecule has 104 valence electrons. The molecule has 0 aliphatic carbocycles. The fraction of sp³-hybridized carbons (Fsp3) is 0.286. The van der Waals surface area contributed by atoms with E-state index in [1.165, 1.54) is 11.3 Å². The summed E-state index contributed by atoms with van der Waals surface area (Å²) in [6.07, 6.45) is -0.274. The summed E-state index contributed by atoms with van der Waals surface area (Å²) < 4.78 is 10.9. The van der Waals surface area contributed by atoms with Gasteiger partial charge in [-0.2, -0.15) is 0 Å². The number of carboxylic acids is 1. The molecule has 1 unspecified atom stereocenters. The molecule has 1 aromatic heterocycles. The zero-order valence-electron chi connectivity index (χ0n) is 10.6. The molecule has 0 bridgehead atoms. The Balaban J connectivity index is 2.00. The molecule has 0 saturated carbocycles. The Kier molecular flexibility index (Phi) is 3.77. The topological polar surface area (TPSA) is 68.7 Å². The fourth-order valence-electron chi connectivity index (χ4n) is 2.03. The van der Waals surface area contributed by atoms with E-state index < -0.39 is 5.97 Å². The van der Waals surface area contributed by atoms with Crippen LogP contribution in [0.5, 0.6) is 0 Å². The smallest absolute Gasteiger partial charge is 0.356 e. The first-order valence-electron chi connectivity index (χ1n) is 6.24. The van der Waals surface area contributed by atoms with E-state index in [2.05, 4.69) is 4.98 Å². The van der Waals surface area contributed by atoms with Gasteiger partial charge in [0.15, 0.2) is 5.69 Å². The summed E-state index contributed by atoms with van der Waals surface area (Å²) in [5, 5.41) is 9.96. The normalized spacial score (nSPS) is 18.9. The number of benzene rings is 1. The number of carbonyl (C=O) groups is 1. The number of hydrogen-bond acceptors (Lipinski definition) is 5. The predicted octanol–water partition coefficient (Wildman–Crippen LogP) is 2.60. The SMILES string of the molecule is O=C(O)c1nc(C2COCCO2)sc1-c1ccccc1. The van der Waals surface area contributed by atoms with E-state index in [-0.39, 0.29) is 11.8 Å². The van der Waals surface area contributed by atoms with E-state index in [9.17, 15) is 9.90 Å². The number of carboxylic acid groups (broad SMARTS) is 1. The Hall–Kier alpha value is -1.76. The van der Waals surface area contributed by atoms with Gasteiger partial charge in [-0.1, -0.05) is 30.3 Å². The minimum Gasteiger partial charge on any atom is -0.476 e. The van der Waals surface area contributed by atoms with Gasteiger partial charge in [0.2, 0.25) is 0 Å². The first kappa shape index (κ1) is 13.2. The van der Waals surface area contributed by atoms with Gasteiger partial charge in [0, 0.05) is 0 Å². The third kappa shape index (κ3) is 2.58. The molecule has 0 radical (unpaired) electrons.